The molecule has 1 aromatic carbocycles. The summed E-state index contributed by atoms with van der Waals surface area (Å²) in [6, 6.07) is 7.22. The summed E-state index contributed by atoms with van der Waals surface area (Å²) in [6.07, 6.45) is 0.691. The summed E-state index contributed by atoms with van der Waals surface area (Å²) in [5.41, 5.74) is 7.88. The second-order valence-electron chi connectivity index (χ2n) is 4.78. The molecular weight excluding hydrogens is 372 g/mol. The van der Waals surface area contributed by atoms with E-state index in [9.17, 15) is 8.42 Å². The van der Waals surface area contributed by atoms with Crippen molar-refractivity contribution in [2.75, 3.05) is 11.3 Å². The predicted octanol–water partition coefficient (Wildman–Crippen LogP) is 3.43. The zero-order valence-corrected chi connectivity index (χ0v) is 15.0. The molecular formula is C14H17BrN2O2S2. The lowest BCUT2D eigenvalue weighted by Gasteiger charge is -2.13. The summed E-state index contributed by atoms with van der Waals surface area (Å²) in [7, 11) is -3.56. The smallest absolute Gasteiger partial charge is 0.271 e. The molecule has 114 valence electrons. The second-order valence-corrected chi connectivity index (χ2v) is 8.77. The minimum atomic E-state index is -3.56. The van der Waals surface area contributed by atoms with E-state index in [1.54, 1.807) is 6.07 Å². The molecule has 2 rings (SSSR count). The highest BCUT2D eigenvalue weighted by Gasteiger charge is 2.19. The Hall–Kier alpha value is -0.890. The summed E-state index contributed by atoms with van der Waals surface area (Å²) in [5.74, 6) is 0. The molecule has 0 bridgehead atoms. The molecule has 0 aliphatic heterocycles. The third-order valence-electron chi connectivity index (χ3n) is 3.03. The lowest BCUT2D eigenvalue weighted by molar-refractivity contribution is 0.603. The SMILES string of the molecule is Cc1cc(Br)cc(C)c1NS(=O)(=O)c1ccc(CCN)s1. The van der Waals surface area contributed by atoms with Crippen LogP contribution in [0.4, 0.5) is 5.69 Å². The fourth-order valence-corrected chi connectivity index (χ4v) is 5.30. The molecule has 7 heteroatoms. The molecule has 3 N–H and O–H groups in total. The Kier molecular flexibility index (Phi) is 5.08. The normalized spacial score (nSPS) is 11.6. The van der Waals surface area contributed by atoms with E-state index >= 15 is 0 Å². The van der Waals surface area contributed by atoms with Crippen molar-refractivity contribution in [1.29, 1.82) is 0 Å². The van der Waals surface area contributed by atoms with Crippen LogP contribution in [-0.4, -0.2) is 15.0 Å². The number of hydrogen-bond donors (Lipinski definition) is 2. The maximum Gasteiger partial charge on any atom is 0.271 e. The number of sulfonamides is 1. The number of anilines is 1. The van der Waals surface area contributed by atoms with Gasteiger partial charge in [0.25, 0.3) is 10.0 Å². The Morgan fingerprint density at radius 2 is 1.86 bits per heavy atom. The van der Waals surface area contributed by atoms with Crippen molar-refractivity contribution in [2.45, 2.75) is 24.5 Å². The van der Waals surface area contributed by atoms with Gasteiger partial charge in [-0.1, -0.05) is 15.9 Å². The van der Waals surface area contributed by atoms with Crippen LogP contribution in [0.5, 0.6) is 0 Å². The zero-order chi connectivity index (χ0) is 15.6. The maximum atomic E-state index is 12.5. The Bertz CT molecular complexity index is 731. The Morgan fingerprint density at radius 3 is 2.43 bits per heavy atom. The van der Waals surface area contributed by atoms with E-state index < -0.39 is 10.0 Å². The Morgan fingerprint density at radius 1 is 1.24 bits per heavy atom. The first-order valence-electron chi connectivity index (χ1n) is 6.42. The molecule has 0 radical (unpaired) electrons. The largest absolute Gasteiger partial charge is 0.330 e. The van der Waals surface area contributed by atoms with Crippen molar-refractivity contribution in [2.24, 2.45) is 5.73 Å². The van der Waals surface area contributed by atoms with Crippen LogP contribution in [0.3, 0.4) is 0 Å². The lowest BCUT2D eigenvalue weighted by atomic mass is 10.1. The molecule has 0 saturated carbocycles. The van der Waals surface area contributed by atoms with Crippen LogP contribution in [0.2, 0.25) is 0 Å². The molecule has 0 saturated heterocycles. The van der Waals surface area contributed by atoms with E-state index in [1.807, 2.05) is 32.0 Å². The first-order valence-corrected chi connectivity index (χ1v) is 9.51. The number of aryl methyl sites for hydroxylation is 2. The molecule has 0 aliphatic rings. The summed E-state index contributed by atoms with van der Waals surface area (Å²) in [5, 5.41) is 0. The third kappa shape index (κ3) is 3.85. The van der Waals surface area contributed by atoms with Gasteiger partial charge in [0.15, 0.2) is 0 Å². The molecule has 0 spiro atoms. The summed E-state index contributed by atoms with van der Waals surface area (Å²) < 4.78 is 28.9. The molecule has 2 aromatic rings. The summed E-state index contributed by atoms with van der Waals surface area (Å²) in [6.45, 7) is 4.27. The van der Waals surface area contributed by atoms with Gasteiger partial charge >= 0.3 is 0 Å². The second kappa shape index (κ2) is 6.48. The average molecular weight is 389 g/mol. The fraction of sp³-hybridized carbons (Fsp3) is 0.286. The van der Waals surface area contributed by atoms with Crippen LogP contribution in [0.15, 0.2) is 32.9 Å². The minimum absolute atomic E-state index is 0.313. The van der Waals surface area contributed by atoms with E-state index in [0.717, 1.165) is 20.5 Å². The molecule has 0 fully saturated rings. The molecule has 1 aromatic heterocycles. The van der Waals surface area contributed by atoms with Crippen molar-refractivity contribution in [1.82, 2.24) is 0 Å². The first kappa shape index (κ1) is 16.5. The van der Waals surface area contributed by atoms with Gasteiger partial charge in [0, 0.05) is 9.35 Å². The van der Waals surface area contributed by atoms with Gasteiger partial charge < -0.3 is 5.73 Å². The van der Waals surface area contributed by atoms with E-state index in [2.05, 4.69) is 20.7 Å². The molecule has 21 heavy (non-hydrogen) atoms. The number of nitrogens with two attached hydrogens (primary N) is 1. The Labute approximate surface area is 137 Å². The fourth-order valence-electron chi connectivity index (χ4n) is 2.04. The number of thiophene rings is 1. The van der Waals surface area contributed by atoms with Gasteiger partial charge in [-0.25, -0.2) is 8.42 Å². The van der Waals surface area contributed by atoms with Crippen molar-refractivity contribution >= 4 is 43.0 Å². The molecule has 0 unspecified atom stereocenters. The van der Waals surface area contributed by atoms with E-state index in [1.165, 1.54) is 11.3 Å². The van der Waals surface area contributed by atoms with Crippen molar-refractivity contribution < 1.29 is 8.42 Å². The van der Waals surface area contributed by atoms with E-state index in [4.69, 9.17) is 5.73 Å². The number of hydrogen-bond acceptors (Lipinski definition) is 4. The van der Waals surface area contributed by atoms with Gasteiger partial charge in [0.2, 0.25) is 0 Å². The standard InChI is InChI=1S/C14H17BrN2O2S2/c1-9-7-11(15)8-10(2)14(9)17-21(18,19)13-4-3-12(20-13)5-6-16/h3-4,7-8,17H,5-6,16H2,1-2H3. The highest BCUT2D eigenvalue weighted by Crippen LogP contribution is 2.29. The van der Waals surface area contributed by atoms with Crippen LogP contribution >= 0.6 is 27.3 Å². The van der Waals surface area contributed by atoms with E-state index in [-0.39, 0.29) is 0 Å². The highest BCUT2D eigenvalue weighted by molar-refractivity contribution is 9.10. The van der Waals surface area contributed by atoms with Gasteiger partial charge in [0.1, 0.15) is 4.21 Å². The molecule has 0 amide bonds. The van der Waals surface area contributed by atoms with Gasteiger partial charge in [-0.05, 0) is 62.2 Å². The highest BCUT2D eigenvalue weighted by atomic mass is 79.9. The third-order valence-corrected chi connectivity index (χ3v) is 6.47. The zero-order valence-electron chi connectivity index (χ0n) is 11.8. The van der Waals surface area contributed by atoms with Crippen molar-refractivity contribution in [3.63, 3.8) is 0 Å². The van der Waals surface area contributed by atoms with Gasteiger partial charge in [-0.15, -0.1) is 11.3 Å². The van der Waals surface area contributed by atoms with Crippen LogP contribution < -0.4 is 10.5 Å². The lowest BCUT2D eigenvalue weighted by Crippen LogP contribution is -2.13. The van der Waals surface area contributed by atoms with Crippen LogP contribution in [0.25, 0.3) is 0 Å². The maximum absolute atomic E-state index is 12.5. The number of benzene rings is 1. The first-order chi connectivity index (χ1) is 9.83. The Balaban J connectivity index is 2.33. The van der Waals surface area contributed by atoms with Crippen LogP contribution in [-0.2, 0) is 16.4 Å². The predicted molar refractivity (Wildman–Crippen MR) is 91.5 cm³/mol. The quantitative estimate of drug-likeness (QED) is 0.823. The average Bonchev–Trinajstić information content (AvgIpc) is 2.84. The van der Waals surface area contributed by atoms with Crippen LogP contribution in [0.1, 0.15) is 16.0 Å². The van der Waals surface area contributed by atoms with Crippen molar-refractivity contribution in [3.8, 4) is 0 Å². The number of nitrogens with one attached hydrogen (secondary N) is 1. The van der Waals surface area contributed by atoms with Gasteiger partial charge in [-0.2, -0.15) is 0 Å². The summed E-state index contributed by atoms with van der Waals surface area (Å²) in [4.78, 5) is 0.974. The molecule has 0 atom stereocenters. The van der Waals surface area contributed by atoms with Crippen LogP contribution in [0, 0.1) is 13.8 Å². The molecule has 1 heterocycles. The topological polar surface area (TPSA) is 72.2 Å². The molecule has 0 aliphatic carbocycles. The summed E-state index contributed by atoms with van der Waals surface area (Å²) >= 11 is 4.66. The number of rotatable bonds is 5. The van der Waals surface area contributed by atoms with Crippen molar-refractivity contribution in [3.05, 3.63) is 44.7 Å². The molecule has 4 nitrogen and oxygen atoms in total. The van der Waals surface area contributed by atoms with Gasteiger partial charge in [-0.3, -0.25) is 4.72 Å². The minimum Gasteiger partial charge on any atom is -0.330 e. The monoisotopic (exact) mass is 388 g/mol. The number of halogens is 1. The van der Waals surface area contributed by atoms with Gasteiger partial charge in [0.05, 0.1) is 5.69 Å². The van der Waals surface area contributed by atoms with E-state index in [0.29, 0.717) is 22.9 Å².